The summed E-state index contributed by atoms with van der Waals surface area (Å²) in [5, 5.41) is 22.1. The summed E-state index contributed by atoms with van der Waals surface area (Å²) in [4.78, 5) is 46.1. The third-order valence-electron chi connectivity index (χ3n) is 6.68. The Morgan fingerprint density at radius 3 is 1.74 bits per heavy atom. The largest absolute Gasteiger partial charge is 0.373 e. The molecule has 226 valence electrons. The zero-order valence-corrected chi connectivity index (χ0v) is 25.0. The van der Waals surface area contributed by atoms with Crippen molar-refractivity contribution in [1.82, 2.24) is 4.57 Å². The molecular formula is C30H38N4O8. The smallest absolute Gasteiger partial charge is 0.360 e. The fourth-order valence-electron chi connectivity index (χ4n) is 4.96. The van der Waals surface area contributed by atoms with E-state index < -0.39 is 16.9 Å². The summed E-state index contributed by atoms with van der Waals surface area (Å²) < 4.78 is 11.6. The Balaban J connectivity index is 2.37. The van der Waals surface area contributed by atoms with Gasteiger partial charge in [0.2, 0.25) is 0 Å². The molecule has 0 spiro atoms. The first kappa shape index (κ1) is 32.4. The highest BCUT2D eigenvalue weighted by Gasteiger charge is 2.25. The molecule has 0 radical (unpaired) electrons. The van der Waals surface area contributed by atoms with Crippen LogP contribution in [0, 0.1) is 10.1 Å². The Hall–Kier alpha value is -4.16. The fourth-order valence-corrected chi connectivity index (χ4v) is 4.96. The fraction of sp³-hybridized carbons (Fsp3) is 0.467. The number of benzene rings is 2. The molecule has 0 amide bonds. The second-order valence-corrected chi connectivity index (χ2v) is 9.65. The van der Waals surface area contributed by atoms with Gasteiger partial charge in [0.25, 0.3) is 5.69 Å². The monoisotopic (exact) mass is 582 g/mol. The lowest BCUT2D eigenvalue weighted by atomic mass is 9.97. The number of ether oxygens (including phenoxy) is 2. The molecule has 42 heavy (non-hydrogen) atoms. The Morgan fingerprint density at radius 2 is 1.31 bits per heavy atom. The molecule has 0 bridgehead atoms. The minimum Gasteiger partial charge on any atom is -0.373 e. The molecule has 0 N–H and O–H groups in total. The summed E-state index contributed by atoms with van der Waals surface area (Å²) in [6, 6.07) is 7.27. The van der Waals surface area contributed by atoms with E-state index >= 15 is 0 Å². The van der Waals surface area contributed by atoms with Gasteiger partial charge in [0.05, 0.1) is 21.9 Å². The molecule has 3 aromatic rings. The van der Waals surface area contributed by atoms with Crippen molar-refractivity contribution in [3.05, 3.63) is 51.1 Å². The van der Waals surface area contributed by atoms with Crippen molar-refractivity contribution >= 4 is 50.9 Å². The summed E-state index contributed by atoms with van der Waals surface area (Å²) in [6.45, 7) is 7.92. The van der Waals surface area contributed by atoms with E-state index in [1.165, 1.54) is 20.3 Å². The maximum Gasteiger partial charge on any atom is 0.360 e. The molecule has 1 heterocycles. The number of nitro benzene ring substituents is 1. The highest BCUT2D eigenvalue weighted by Crippen LogP contribution is 2.39. The second-order valence-electron chi connectivity index (χ2n) is 9.65. The van der Waals surface area contributed by atoms with Crippen molar-refractivity contribution in [1.29, 1.82) is 0 Å². The van der Waals surface area contributed by atoms with Crippen LogP contribution < -0.4 is 0 Å². The van der Waals surface area contributed by atoms with Crippen LogP contribution in [0.5, 0.6) is 0 Å². The van der Waals surface area contributed by atoms with Crippen LogP contribution in [0.4, 0.5) is 5.69 Å². The predicted octanol–water partition coefficient (Wildman–Crippen LogP) is 5.67. The van der Waals surface area contributed by atoms with E-state index in [1.54, 1.807) is 0 Å². The summed E-state index contributed by atoms with van der Waals surface area (Å²) in [5.74, 6) is -1.28. The summed E-state index contributed by atoms with van der Waals surface area (Å²) in [5.41, 5.74) is 4.50. The highest BCUT2D eigenvalue weighted by molar-refractivity contribution is 6.17. The van der Waals surface area contributed by atoms with Gasteiger partial charge in [-0.15, -0.1) is 0 Å². The Bertz CT molecular complexity index is 1520. The van der Waals surface area contributed by atoms with E-state index in [1.807, 2.05) is 50.5 Å². The zero-order valence-electron chi connectivity index (χ0n) is 25.0. The van der Waals surface area contributed by atoms with Gasteiger partial charge in [-0.05, 0) is 49.9 Å². The van der Waals surface area contributed by atoms with Crippen LogP contribution in [0.1, 0.15) is 70.1 Å². The van der Waals surface area contributed by atoms with Crippen molar-refractivity contribution in [2.24, 2.45) is 10.3 Å². The molecule has 0 aliphatic rings. The topological polar surface area (TPSA) is 144 Å². The average molecular weight is 583 g/mol. The van der Waals surface area contributed by atoms with Gasteiger partial charge in [0.15, 0.2) is 0 Å². The van der Waals surface area contributed by atoms with Crippen molar-refractivity contribution < 1.29 is 33.7 Å². The molecule has 12 nitrogen and oxygen atoms in total. The quantitative estimate of drug-likeness (QED) is 0.0964. The first-order chi connectivity index (χ1) is 20.2. The average Bonchev–Trinajstić information content (AvgIpc) is 3.30. The van der Waals surface area contributed by atoms with Gasteiger partial charge in [-0.1, -0.05) is 43.9 Å². The van der Waals surface area contributed by atoms with Crippen molar-refractivity contribution in [3.8, 4) is 0 Å². The standard InChI is InChI=1S/C30H38N4O8/c1-7-11-24(31-41-27(35)17-39-5)20-13-19(9-3)29-22(14-20)23-15-21(16-26(34(37)38)30(23)33(29)10-4)25(12-8-2)32-42-28(36)18-40-6/h13-16H,7-12,17-18H2,1-6H3/b31-24+,32-25-. The molecule has 0 saturated heterocycles. The van der Waals surface area contributed by atoms with E-state index in [0.29, 0.717) is 60.1 Å². The Labute approximate surface area is 244 Å². The molecule has 0 saturated carbocycles. The van der Waals surface area contributed by atoms with Crippen LogP contribution in [-0.4, -0.2) is 60.3 Å². The number of fused-ring (bicyclic) bond motifs is 3. The van der Waals surface area contributed by atoms with Crippen LogP contribution >= 0.6 is 0 Å². The number of aromatic nitrogens is 1. The summed E-state index contributed by atoms with van der Waals surface area (Å²) >= 11 is 0. The highest BCUT2D eigenvalue weighted by atomic mass is 16.7. The number of carbonyl (C=O) groups is 2. The third-order valence-corrected chi connectivity index (χ3v) is 6.68. The molecule has 0 aliphatic carbocycles. The lowest BCUT2D eigenvalue weighted by Crippen LogP contribution is -2.11. The van der Waals surface area contributed by atoms with E-state index in [4.69, 9.17) is 19.1 Å². The number of hydrogen-bond donors (Lipinski definition) is 0. The summed E-state index contributed by atoms with van der Waals surface area (Å²) in [7, 11) is 2.77. The van der Waals surface area contributed by atoms with Gasteiger partial charge < -0.3 is 23.7 Å². The predicted molar refractivity (Wildman–Crippen MR) is 160 cm³/mol. The SMILES string of the molecule is CCC/C(=N/OC(=O)COC)c1cc([N+](=O)[O-])c2c(c1)c1cc(/C(CCC)=N/OC(=O)COC)cc(CC)c1n2CC. The molecule has 2 aromatic carbocycles. The number of carbonyl (C=O) groups excluding carboxylic acids is 2. The molecule has 0 fully saturated rings. The van der Waals surface area contributed by atoms with Gasteiger partial charge in [-0.2, -0.15) is 0 Å². The van der Waals surface area contributed by atoms with Crippen LogP contribution in [0.3, 0.4) is 0 Å². The molecule has 3 rings (SSSR count). The van der Waals surface area contributed by atoms with Crippen molar-refractivity contribution in [3.63, 3.8) is 0 Å². The van der Waals surface area contributed by atoms with Gasteiger partial charge >= 0.3 is 11.9 Å². The number of rotatable bonds is 15. The van der Waals surface area contributed by atoms with Gasteiger partial charge in [-0.25, -0.2) is 9.59 Å². The minimum absolute atomic E-state index is 0.0767. The Morgan fingerprint density at radius 1 is 0.810 bits per heavy atom. The molecule has 0 unspecified atom stereocenters. The number of hydrogen-bond acceptors (Lipinski definition) is 10. The first-order valence-electron chi connectivity index (χ1n) is 14.0. The first-order valence-corrected chi connectivity index (χ1v) is 14.0. The van der Waals surface area contributed by atoms with E-state index in [-0.39, 0.29) is 18.9 Å². The van der Waals surface area contributed by atoms with Crippen LogP contribution in [-0.2, 0) is 41.7 Å². The van der Waals surface area contributed by atoms with E-state index in [2.05, 4.69) is 10.3 Å². The molecule has 0 aliphatic heterocycles. The van der Waals surface area contributed by atoms with Gasteiger partial charge in [0.1, 0.15) is 18.7 Å². The Kier molecular flexibility index (Phi) is 11.7. The van der Waals surface area contributed by atoms with E-state index in [0.717, 1.165) is 28.5 Å². The van der Waals surface area contributed by atoms with Crippen molar-refractivity contribution in [2.75, 3.05) is 27.4 Å². The number of non-ortho nitro benzene ring substituents is 1. The normalized spacial score (nSPS) is 12.2. The number of oxime groups is 2. The van der Waals surface area contributed by atoms with Gasteiger partial charge in [-0.3, -0.25) is 10.1 Å². The second kappa shape index (κ2) is 15.2. The number of aryl methyl sites for hydroxylation is 2. The maximum absolute atomic E-state index is 12.4. The van der Waals surface area contributed by atoms with Crippen LogP contribution in [0.2, 0.25) is 0 Å². The summed E-state index contributed by atoms with van der Waals surface area (Å²) in [6.07, 6.45) is 3.06. The lowest BCUT2D eigenvalue weighted by molar-refractivity contribution is -0.383. The zero-order chi connectivity index (χ0) is 30.8. The maximum atomic E-state index is 12.4. The number of nitrogens with zero attached hydrogens (tertiary/aromatic N) is 4. The number of methoxy groups -OCH3 is 2. The minimum atomic E-state index is -0.671. The van der Waals surface area contributed by atoms with E-state index in [9.17, 15) is 19.7 Å². The molecular weight excluding hydrogens is 544 g/mol. The molecule has 1 aromatic heterocycles. The van der Waals surface area contributed by atoms with Gasteiger partial charge in [0, 0.05) is 48.7 Å². The van der Waals surface area contributed by atoms with Crippen LogP contribution in [0.15, 0.2) is 34.6 Å². The molecule has 0 atom stereocenters. The van der Waals surface area contributed by atoms with Crippen molar-refractivity contribution in [2.45, 2.75) is 66.3 Å². The molecule has 12 heteroatoms. The van der Waals surface area contributed by atoms with Crippen LogP contribution in [0.25, 0.3) is 21.8 Å². The lowest BCUT2D eigenvalue weighted by Gasteiger charge is -2.11. The third kappa shape index (κ3) is 7.18. The number of nitro groups is 1.